The van der Waals surface area contributed by atoms with E-state index in [-0.39, 0.29) is 11.9 Å². The molecule has 104 valence electrons. The molecule has 0 spiro atoms. The van der Waals surface area contributed by atoms with Crippen LogP contribution in [0, 0.1) is 6.92 Å². The van der Waals surface area contributed by atoms with Crippen LogP contribution in [0.4, 0.5) is 0 Å². The first-order chi connectivity index (χ1) is 8.99. The van der Waals surface area contributed by atoms with Crippen molar-refractivity contribution in [1.82, 2.24) is 9.80 Å². The molecule has 4 heteroatoms. The summed E-state index contributed by atoms with van der Waals surface area (Å²) in [5, 5.41) is 0. The molecule has 1 aromatic rings. The molecule has 1 saturated heterocycles. The van der Waals surface area contributed by atoms with Crippen LogP contribution in [0.3, 0.4) is 0 Å². The molecule has 1 unspecified atom stereocenters. The Morgan fingerprint density at radius 2 is 2.11 bits per heavy atom. The van der Waals surface area contributed by atoms with Gasteiger partial charge in [0.2, 0.25) is 0 Å². The third-order valence-electron chi connectivity index (χ3n) is 3.76. The molecule has 0 saturated carbocycles. The normalized spacial score (nSPS) is 21.3. The average Bonchev–Trinajstić information content (AvgIpc) is 2.52. The Bertz CT molecular complexity index is 475. The summed E-state index contributed by atoms with van der Waals surface area (Å²) >= 11 is 4.34. The van der Waals surface area contributed by atoms with Crippen LogP contribution in [0.2, 0.25) is 0 Å². The lowest BCUT2D eigenvalue weighted by atomic mass is 10.1. The number of carbonyl (C=O) groups is 1. The summed E-state index contributed by atoms with van der Waals surface area (Å²) < 4.78 is 0. The third-order valence-corrected chi connectivity index (χ3v) is 4.04. The van der Waals surface area contributed by atoms with Crippen molar-refractivity contribution in [2.24, 2.45) is 0 Å². The van der Waals surface area contributed by atoms with E-state index in [4.69, 9.17) is 0 Å². The van der Waals surface area contributed by atoms with Gasteiger partial charge >= 0.3 is 0 Å². The highest BCUT2D eigenvalue weighted by Gasteiger charge is 2.25. The van der Waals surface area contributed by atoms with Gasteiger partial charge in [0.05, 0.1) is 0 Å². The molecule has 1 aliphatic heterocycles. The molecule has 1 heterocycles. The predicted molar refractivity (Wildman–Crippen MR) is 81.0 cm³/mol. The van der Waals surface area contributed by atoms with Gasteiger partial charge in [-0.3, -0.25) is 4.79 Å². The van der Waals surface area contributed by atoms with Gasteiger partial charge in [-0.25, -0.2) is 0 Å². The van der Waals surface area contributed by atoms with Crippen LogP contribution >= 0.6 is 12.6 Å². The van der Waals surface area contributed by atoms with E-state index in [0.717, 1.165) is 42.1 Å². The molecular weight excluding hydrogens is 256 g/mol. The molecule has 1 amide bonds. The molecule has 19 heavy (non-hydrogen) atoms. The van der Waals surface area contributed by atoms with Crippen molar-refractivity contribution in [2.75, 3.05) is 26.7 Å². The third kappa shape index (κ3) is 3.31. The Morgan fingerprint density at radius 3 is 2.84 bits per heavy atom. The van der Waals surface area contributed by atoms with Crippen LogP contribution in [-0.2, 0) is 0 Å². The van der Waals surface area contributed by atoms with E-state index in [0.29, 0.717) is 0 Å². The van der Waals surface area contributed by atoms with Gasteiger partial charge in [-0.15, -0.1) is 12.6 Å². The highest BCUT2D eigenvalue weighted by molar-refractivity contribution is 7.80. The summed E-state index contributed by atoms with van der Waals surface area (Å²) in [5.74, 6) is 0.135. The molecule has 0 N–H and O–H groups in total. The van der Waals surface area contributed by atoms with E-state index in [1.165, 1.54) is 0 Å². The largest absolute Gasteiger partial charge is 0.335 e. The molecule has 0 bridgehead atoms. The molecule has 1 aromatic carbocycles. The number of hydrogen-bond acceptors (Lipinski definition) is 3. The minimum atomic E-state index is 0.135. The SMILES string of the molecule is Cc1ccc(S)cc1C(=O)N1CCCN(C)CC1C. The summed E-state index contributed by atoms with van der Waals surface area (Å²) in [6.45, 7) is 6.93. The maximum absolute atomic E-state index is 12.7. The quantitative estimate of drug-likeness (QED) is 0.798. The minimum Gasteiger partial charge on any atom is -0.335 e. The Balaban J connectivity index is 2.25. The van der Waals surface area contributed by atoms with Gasteiger partial charge in [-0.1, -0.05) is 6.07 Å². The number of benzene rings is 1. The number of hydrogen-bond donors (Lipinski definition) is 1. The number of rotatable bonds is 1. The lowest BCUT2D eigenvalue weighted by Crippen LogP contribution is -2.42. The highest BCUT2D eigenvalue weighted by atomic mass is 32.1. The molecule has 0 aromatic heterocycles. The Morgan fingerprint density at radius 1 is 1.37 bits per heavy atom. The zero-order valence-electron chi connectivity index (χ0n) is 11.9. The van der Waals surface area contributed by atoms with E-state index in [1.54, 1.807) is 0 Å². The van der Waals surface area contributed by atoms with Gasteiger partial charge < -0.3 is 9.80 Å². The second-order valence-electron chi connectivity index (χ2n) is 5.46. The summed E-state index contributed by atoms with van der Waals surface area (Å²) in [7, 11) is 2.12. The maximum atomic E-state index is 12.7. The van der Waals surface area contributed by atoms with Gasteiger partial charge in [0.25, 0.3) is 5.91 Å². The van der Waals surface area contributed by atoms with Gasteiger partial charge in [-0.2, -0.15) is 0 Å². The summed E-state index contributed by atoms with van der Waals surface area (Å²) in [4.78, 5) is 17.8. The zero-order valence-corrected chi connectivity index (χ0v) is 12.8. The lowest BCUT2D eigenvalue weighted by molar-refractivity contribution is 0.0695. The van der Waals surface area contributed by atoms with Gasteiger partial charge in [0.1, 0.15) is 0 Å². The summed E-state index contributed by atoms with van der Waals surface area (Å²) in [6, 6.07) is 6.02. The predicted octanol–water partition coefficient (Wildman–Crippen LogP) is 2.45. The van der Waals surface area contributed by atoms with Gasteiger partial charge in [-0.05, 0) is 51.6 Å². The van der Waals surface area contributed by atoms with Gasteiger partial charge in [0, 0.05) is 29.6 Å². The monoisotopic (exact) mass is 278 g/mol. The Labute approximate surface area is 121 Å². The van der Waals surface area contributed by atoms with Crippen molar-refractivity contribution in [3.63, 3.8) is 0 Å². The van der Waals surface area contributed by atoms with E-state index in [2.05, 4.69) is 31.5 Å². The van der Waals surface area contributed by atoms with Gasteiger partial charge in [0.15, 0.2) is 0 Å². The number of thiol groups is 1. The molecule has 3 nitrogen and oxygen atoms in total. The van der Waals surface area contributed by atoms with Crippen LogP contribution in [0.25, 0.3) is 0 Å². The van der Waals surface area contributed by atoms with E-state index >= 15 is 0 Å². The molecule has 0 radical (unpaired) electrons. The van der Waals surface area contributed by atoms with Crippen molar-refractivity contribution in [2.45, 2.75) is 31.2 Å². The molecule has 1 atom stereocenters. The van der Waals surface area contributed by atoms with Crippen LogP contribution in [0.1, 0.15) is 29.3 Å². The minimum absolute atomic E-state index is 0.135. The fourth-order valence-electron chi connectivity index (χ4n) is 2.67. The Kier molecular flexibility index (Phi) is 4.53. The number of amides is 1. The fourth-order valence-corrected chi connectivity index (χ4v) is 2.87. The van der Waals surface area contributed by atoms with Crippen molar-refractivity contribution in [3.8, 4) is 0 Å². The molecule has 1 fully saturated rings. The van der Waals surface area contributed by atoms with Crippen LogP contribution < -0.4 is 0 Å². The van der Waals surface area contributed by atoms with Crippen molar-refractivity contribution in [1.29, 1.82) is 0 Å². The average molecular weight is 278 g/mol. The topological polar surface area (TPSA) is 23.6 Å². The first-order valence-electron chi connectivity index (χ1n) is 6.78. The Hall–Kier alpha value is -1.00. The first-order valence-corrected chi connectivity index (χ1v) is 7.23. The zero-order chi connectivity index (χ0) is 14.0. The number of likely N-dealkylation sites (N-methyl/N-ethyl adjacent to an activating group) is 1. The van der Waals surface area contributed by atoms with Crippen molar-refractivity contribution >= 4 is 18.5 Å². The molecule has 2 rings (SSSR count). The summed E-state index contributed by atoms with van der Waals surface area (Å²) in [6.07, 6.45) is 1.03. The lowest BCUT2D eigenvalue weighted by Gasteiger charge is -2.28. The maximum Gasteiger partial charge on any atom is 0.254 e. The smallest absolute Gasteiger partial charge is 0.254 e. The highest BCUT2D eigenvalue weighted by Crippen LogP contribution is 2.19. The van der Waals surface area contributed by atoms with Crippen LogP contribution in [0.15, 0.2) is 23.1 Å². The van der Waals surface area contributed by atoms with E-state index < -0.39 is 0 Å². The van der Waals surface area contributed by atoms with Crippen LogP contribution in [-0.4, -0.2) is 48.4 Å². The number of carbonyl (C=O) groups excluding carboxylic acids is 1. The second-order valence-corrected chi connectivity index (χ2v) is 5.98. The van der Waals surface area contributed by atoms with E-state index in [9.17, 15) is 4.79 Å². The number of nitrogens with zero attached hydrogens (tertiary/aromatic N) is 2. The molecule has 0 aliphatic carbocycles. The fraction of sp³-hybridized carbons (Fsp3) is 0.533. The first kappa shape index (κ1) is 14.4. The number of aryl methyl sites for hydroxylation is 1. The van der Waals surface area contributed by atoms with Crippen LogP contribution in [0.5, 0.6) is 0 Å². The standard InChI is InChI=1S/C15H22N2OS/c1-11-5-6-13(19)9-14(11)15(18)17-8-4-7-16(3)10-12(17)2/h5-6,9,12,19H,4,7-8,10H2,1-3H3. The summed E-state index contributed by atoms with van der Waals surface area (Å²) in [5.41, 5.74) is 1.80. The van der Waals surface area contributed by atoms with Crippen molar-refractivity contribution < 1.29 is 4.79 Å². The molecule has 1 aliphatic rings. The molecular formula is C15H22N2OS. The van der Waals surface area contributed by atoms with Crippen molar-refractivity contribution in [3.05, 3.63) is 29.3 Å². The second kappa shape index (κ2) is 5.97. The van der Waals surface area contributed by atoms with E-state index in [1.807, 2.05) is 30.0 Å².